The normalized spacial score (nSPS) is 13.3. The van der Waals surface area contributed by atoms with E-state index in [4.69, 9.17) is 4.74 Å². The van der Waals surface area contributed by atoms with E-state index >= 15 is 0 Å². The third-order valence-corrected chi connectivity index (χ3v) is 1.96. The van der Waals surface area contributed by atoms with Crippen molar-refractivity contribution in [3.63, 3.8) is 0 Å². The van der Waals surface area contributed by atoms with Gasteiger partial charge in [0.15, 0.2) is 5.82 Å². The molecule has 0 fully saturated rings. The minimum absolute atomic E-state index is 0.357. The van der Waals surface area contributed by atoms with E-state index in [9.17, 15) is 5.11 Å². The number of aliphatic hydroxyl groups is 1. The fourth-order valence-electron chi connectivity index (χ4n) is 1.22. The predicted molar refractivity (Wildman–Crippen MR) is 53.9 cm³/mol. The molecular weight excluding hydrogens is 182 g/mol. The van der Waals surface area contributed by atoms with Crippen molar-refractivity contribution in [1.29, 1.82) is 0 Å². The molecule has 80 valence electrons. The number of rotatable bonds is 4. The van der Waals surface area contributed by atoms with E-state index in [0.717, 1.165) is 5.56 Å². The number of aryl methyl sites for hydroxylation is 1. The van der Waals surface area contributed by atoms with Gasteiger partial charge in [0, 0.05) is 25.9 Å². The first-order valence-electron chi connectivity index (χ1n) is 4.55. The van der Waals surface area contributed by atoms with Gasteiger partial charge in [0.05, 0.1) is 0 Å². The van der Waals surface area contributed by atoms with Gasteiger partial charge in [-0.15, -0.1) is 0 Å². The first-order chi connectivity index (χ1) is 6.54. The highest BCUT2D eigenvalue weighted by Gasteiger charge is 2.13. The summed E-state index contributed by atoms with van der Waals surface area (Å²) in [5, 5.41) is 16.2. The average molecular weight is 199 g/mol. The van der Waals surface area contributed by atoms with E-state index in [1.54, 1.807) is 4.68 Å². The van der Waals surface area contributed by atoms with Gasteiger partial charge in [0.1, 0.15) is 0 Å². The number of hydrogen-bond donors (Lipinski definition) is 2. The molecule has 0 aliphatic heterocycles. The Bertz CT molecular complexity index is 296. The van der Waals surface area contributed by atoms with Crippen molar-refractivity contribution in [3.8, 4) is 0 Å². The Morgan fingerprint density at radius 3 is 2.71 bits per heavy atom. The molecule has 0 radical (unpaired) electrons. The molecule has 0 saturated heterocycles. The first-order valence-corrected chi connectivity index (χ1v) is 4.55. The van der Waals surface area contributed by atoms with Gasteiger partial charge in [-0.25, -0.2) is 0 Å². The Balaban J connectivity index is 2.84. The standard InChI is InChI=1S/C9H17N3O2/c1-6(2)7-5-12(3)11-8(7)10-9(13)14-4/h5-6,9,13H,1-4H3,(H,10,11). The van der Waals surface area contributed by atoms with Gasteiger partial charge in [-0.05, 0) is 5.92 Å². The molecule has 0 amide bonds. The first kappa shape index (κ1) is 11.0. The summed E-state index contributed by atoms with van der Waals surface area (Å²) in [5.74, 6) is 1.02. The van der Waals surface area contributed by atoms with Crippen LogP contribution in [0, 0.1) is 0 Å². The van der Waals surface area contributed by atoms with Crippen LogP contribution in [0.4, 0.5) is 5.82 Å². The number of methoxy groups -OCH3 is 1. The molecule has 0 saturated carbocycles. The Hall–Kier alpha value is -1.07. The third kappa shape index (κ3) is 2.46. The van der Waals surface area contributed by atoms with Crippen molar-refractivity contribution in [1.82, 2.24) is 9.78 Å². The van der Waals surface area contributed by atoms with Crippen LogP contribution in [-0.4, -0.2) is 28.4 Å². The molecule has 0 aliphatic rings. The molecule has 0 aromatic carbocycles. The van der Waals surface area contributed by atoms with Crippen molar-refractivity contribution >= 4 is 5.82 Å². The van der Waals surface area contributed by atoms with Crippen molar-refractivity contribution in [2.24, 2.45) is 7.05 Å². The van der Waals surface area contributed by atoms with Gasteiger partial charge >= 0.3 is 0 Å². The number of hydrogen-bond acceptors (Lipinski definition) is 4. The summed E-state index contributed by atoms with van der Waals surface area (Å²) in [5.41, 5.74) is 1.06. The van der Waals surface area contributed by atoms with Gasteiger partial charge in [-0.1, -0.05) is 13.8 Å². The highest BCUT2D eigenvalue weighted by Crippen LogP contribution is 2.22. The smallest absolute Gasteiger partial charge is 0.236 e. The summed E-state index contributed by atoms with van der Waals surface area (Å²) in [7, 11) is 3.27. The minimum Gasteiger partial charge on any atom is -0.351 e. The second-order valence-electron chi connectivity index (χ2n) is 3.49. The molecule has 1 unspecified atom stereocenters. The maximum Gasteiger partial charge on any atom is 0.236 e. The number of ether oxygens (including phenoxy) is 1. The van der Waals surface area contributed by atoms with Gasteiger partial charge in [-0.2, -0.15) is 5.10 Å². The highest BCUT2D eigenvalue weighted by molar-refractivity contribution is 5.44. The van der Waals surface area contributed by atoms with E-state index in [1.165, 1.54) is 7.11 Å². The molecule has 5 nitrogen and oxygen atoms in total. The zero-order valence-electron chi connectivity index (χ0n) is 8.98. The van der Waals surface area contributed by atoms with Crippen molar-refractivity contribution in [2.45, 2.75) is 26.2 Å². The van der Waals surface area contributed by atoms with Gasteiger partial charge in [0.25, 0.3) is 0 Å². The Morgan fingerprint density at radius 1 is 1.57 bits per heavy atom. The van der Waals surface area contributed by atoms with Crippen LogP contribution >= 0.6 is 0 Å². The summed E-state index contributed by atoms with van der Waals surface area (Å²) in [4.78, 5) is 0. The molecule has 1 aromatic heterocycles. The fraction of sp³-hybridized carbons (Fsp3) is 0.667. The third-order valence-electron chi connectivity index (χ3n) is 1.96. The van der Waals surface area contributed by atoms with Crippen LogP contribution in [0.2, 0.25) is 0 Å². The molecule has 1 rings (SSSR count). The lowest BCUT2D eigenvalue weighted by Crippen LogP contribution is -2.21. The molecule has 14 heavy (non-hydrogen) atoms. The number of aliphatic hydroxyl groups excluding tert-OH is 1. The topological polar surface area (TPSA) is 59.3 Å². The highest BCUT2D eigenvalue weighted by atomic mass is 16.6. The summed E-state index contributed by atoms with van der Waals surface area (Å²) in [6, 6.07) is 0. The summed E-state index contributed by atoms with van der Waals surface area (Å²) in [6.45, 7) is 4.14. The SMILES string of the molecule is COC(O)Nc1nn(C)cc1C(C)C. The molecule has 5 heteroatoms. The van der Waals surface area contributed by atoms with E-state index in [-0.39, 0.29) is 0 Å². The molecule has 0 aliphatic carbocycles. The second-order valence-corrected chi connectivity index (χ2v) is 3.49. The number of nitrogens with zero attached hydrogens (tertiary/aromatic N) is 2. The van der Waals surface area contributed by atoms with E-state index in [1.807, 2.05) is 13.2 Å². The zero-order valence-corrected chi connectivity index (χ0v) is 8.98. The molecule has 1 atom stereocenters. The molecule has 1 heterocycles. The van der Waals surface area contributed by atoms with Gasteiger partial charge < -0.3 is 15.2 Å². The van der Waals surface area contributed by atoms with Crippen molar-refractivity contribution in [2.75, 3.05) is 12.4 Å². The monoisotopic (exact) mass is 199 g/mol. The van der Waals surface area contributed by atoms with Crippen LogP contribution in [0.3, 0.4) is 0 Å². The van der Waals surface area contributed by atoms with Crippen LogP contribution in [0.5, 0.6) is 0 Å². The largest absolute Gasteiger partial charge is 0.351 e. The molecule has 1 aromatic rings. The maximum atomic E-state index is 9.24. The average Bonchev–Trinajstić information content (AvgIpc) is 2.46. The maximum absolute atomic E-state index is 9.24. The van der Waals surface area contributed by atoms with Crippen molar-refractivity contribution < 1.29 is 9.84 Å². The summed E-state index contributed by atoms with van der Waals surface area (Å²) >= 11 is 0. The lowest BCUT2D eigenvalue weighted by atomic mass is 10.1. The summed E-state index contributed by atoms with van der Waals surface area (Å²) < 4.78 is 6.40. The van der Waals surface area contributed by atoms with E-state index in [2.05, 4.69) is 24.3 Å². The van der Waals surface area contributed by atoms with Crippen LogP contribution in [-0.2, 0) is 11.8 Å². The second kappa shape index (κ2) is 4.43. The number of nitrogens with one attached hydrogen (secondary N) is 1. The van der Waals surface area contributed by atoms with Gasteiger partial charge in [-0.3, -0.25) is 4.68 Å². The lowest BCUT2D eigenvalue weighted by Gasteiger charge is -2.12. The molecule has 0 bridgehead atoms. The Morgan fingerprint density at radius 2 is 2.21 bits per heavy atom. The van der Waals surface area contributed by atoms with Crippen molar-refractivity contribution in [3.05, 3.63) is 11.8 Å². The van der Waals surface area contributed by atoms with Crippen LogP contribution in [0.15, 0.2) is 6.20 Å². The Labute approximate surface area is 83.7 Å². The van der Waals surface area contributed by atoms with E-state index in [0.29, 0.717) is 11.7 Å². The van der Waals surface area contributed by atoms with Crippen LogP contribution in [0.25, 0.3) is 0 Å². The molecule has 2 N–H and O–H groups in total. The lowest BCUT2D eigenvalue weighted by molar-refractivity contribution is -0.0513. The zero-order chi connectivity index (χ0) is 10.7. The molecule has 0 spiro atoms. The number of anilines is 1. The minimum atomic E-state index is -1.01. The quantitative estimate of drug-likeness (QED) is 0.707. The predicted octanol–water partition coefficient (Wildman–Crippen LogP) is 0.878. The molecular formula is C9H17N3O2. The van der Waals surface area contributed by atoms with Gasteiger partial charge in [0.2, 0.25) is 6.41 Å². The summed E-state index contributed by atoms with van der Waals surface area (Å²) in [6.07, 6.45) is 0.914. The Kier molecular flexibility index (Phi) is 3.49. The number of aromatic nitrogens is 2. The van der Waals surface area contributed by atoms with E-state index < -0.39 is 6.41 Å². The van der Waals surface area contributed by atoms with Crippen LogP contribution < -0.4 is 5.32 Å². The fourth-order valence-corrected chi connectivity index (χ4v) is 1.22. The van der Waals surface area contributed by atoms with Crippen LogP contribution in [0.1, 0.15) is 25.3 Å².